The number of nitrogens with zero attached hydrogens (tertiary/aromatic N) is 1. The normalized spacial score (nSPS) is 22.1. The lowest BCUT2D eigenvalue weighted by atomic mass is 9.50. The molecule has 0 aromatic rings. The van der Waals surface area contributed by atoms with Gasteiger partial charge in [0.2, 0.25) is 0 Å². The molecule has 52 heavy (non-hydrogen) atoms. The standard InChI is InChI=1S/C45H83NO6/c1-3-5-7-9-12-18-24-42(25-19-13-10-8-6-4-2)52-43(48)26-20-14-11-15-21-27-46(29-30-47)28-22-16-17-23-31-50-44(49)51-38-45-35-39-32-40(36-45)34-41(33-39)37-45/h39-42,47H,3-38H2,1-2H3. The molecule has 0 radical (unpaired) electrons. The maximum atomic E-state index is 12.7. The zero-order chi connectivity index (χ0) is 37.1. The number of carbonyl (C=O) groups excluding carboxylic acids is 2. The fourth-order valence-corrected chi connectivity index (χ4v) is 10.1. The predicted octanol–water partition coefficient (Wildman–Crippen LogP) is 12.0. The van der Waals surface area contributed by atoms with Gasteiger partial charge in [-0.2, -0.15) is 0 Å². The number of aliphatic hydroxyl groups is 1. The third kappa shape index (κ3) is 19.8. The van der Waals surface area contributed by atoms with Crippen LogP contribution in [0, 0.1) is 23.2 Å². The van der Waals surface area contributed by atoms with E-state index in [-0.39, 0.29) is 24.1 Å². The van der Waals surface area contributed by atoms with Crippen molar-refractivity contribution in [3.05, 3.63) is 0 Å². The van der Waals surface area contributed by atoms with E-state index >= 15 is 0 Å². The summed E-state index contributed by atoms with van der Waals surface area (Å²) in [5, 5.41) is 9.58. The molecule has 7 nitrogen and oxygen atoms in total. The summed E-state index contributed by atoms with van der Waals surface area (Å²) in [6.45, 7) is 8.45. The summed E-state index contributed by atoms with van der Waals surface area (Å²) in [5.41, 5.74) is 0.243. The molecule has 4 aliphatic carbocycles. The van der Waals surface area contributed by atoms with E-state index in [1.807, 2.05) is 0 Å². The summed E-state index contributed by atoms with van der Waals surface area (Å²) in [6, 6.07) is 0. The van der Waals surface area contributed by atoms with Crippen LogP contribution in [-0.4, -0.2) is 67.7 Å². The minimum atomic E-state index is -0.476. The van der Waals surface area contributed by atoms with Gasteiger partial charge in [0, 0.05) is 18.4 Å². The summed E-state index contributed by atoms with van der Waals surface area (Å²) < 4.78 is 17.1. The highest BCUT2D eigenvalue weighted by molar-refractivity contribution is 5.69. The van der Waals surface area contributed by atoms with E-state index in [0.717, 1.165) is 108 Å². The Kier molecular flexibility index (Phi) is 24.4. The molecule has 1 N–H and O–H groups in total. The fraction of sp³-hybridized carbons (Fsp3) is 0.956. The van der Waals surface area contributed by atoms with Crippen LogP contribution in [0.1, 0.15) is 206 Å². The summed E-state index contributed by atoms with van der Waals surface area (Å²) in [5.74, 6) is 2.61. The van der Waals surface area contributed by atoms with Crippen LogP contribution in [0.5, 0.6) is 0 Å². The average molecular weight is 734 g/mol. The molecule has 7 heteroatoms. The summed E-state index contributed by atoms with van der Waals surface area (Å²) >= 11 is 0. The minimum absolute atomic E-state index is 0.00930. The van der Waals surface area contributed by atoms with Crippen LogP contribution in [-0.2, 0) is 19.0 Å². The van der Waals surface area contributed by atoms with E-state index in [4.69, 9.17) is 14.2 Å². The Morgan fingerprint density at radius 3 is 1.63 bits per heavy atom. The maximum absolute atomic E-state index is 12.7. The lowest BCUT2D eigenvalue weighted by Crippen LogP contribution is -2.48. The summed E-state index contributed by atoms with van der Waals surface area (Å²) in [7, 11) is 0. The molecular formula is C45H83NO6. The molecule has 0 spiro atoms. The predicted molar refractivity (Wildman–Crippen MR) is 213 cm³/mol. The molecule has 0 amide bonds. The number of aliphatic hydroxyl groups excluding tert-OH is 1. The van der Waals surface area contributed by atoms with Gasteiger partial charge in [0.15, 0.2) is 0 Å². The van der Waals surface area contributed by atoms with Gasteiger partial charge in [0.05, 0.1) is 13.2 Å². The van der Waals surface area contributed by atoms with E-state index in [9.17, 15) is 14.7 Å². The molecule has 4 bridgehead atoms. The first-order valence-electron chi connectivity index (χ1n) is 22.8. The Morgan fingerprint density at radius 1 is 0.615 bits per heavy atom. The Balaban J connectivity index is 1.15. The molecule has 0 saturated heterocycles. The number of carbonyl (C=O) groups is 2. The Labute approximate surface area is 320 Å². The van der Waals surface area contributed by atoms with E-state index in [0.29, 0.717) is 19.6 Å². The molecule has 304 valence electrons. The van der Waals surface area contributed by atoms with Crippen LogP contribution in [0.3, 0.4) is 0 Å². The van der Waals surface area contributed by atoms with E-state index < -0.39 is 6.16 Å². The molecule has 4 rings (SSSR count). The average Bonchev–Trinajstić information content (AvgIpc) is 3.12. The van der Waals surface area contributed by atoms with Crippen molar-refractivity contribution >= 4 is 12.1 Å². The van der Waals surface area contributed by atoms with Crippen molar-refractivity contribution in [2.24, 2.45) is 23.2 Å². The number of ether oxygens (including phenoxy) is 3. The quantitative estimate of drug-likeness (QED) is 0.0520. The summed E-state index contributed by atoms with van der Waals surface area (Å²) in [4.78, 5) is 27.4. The van der Waals surface area contributed by atoms with Gasteiger partial charge in [0.1, 0.15) is 12.7 Å². The molecule has 0 unspecified atom stereocenters. The Morgan fingerprint density at radius 2 is 1.10 bits per heavy atom. The van der Waals surface area contributed by atoms with Gasteiger partial charge in [-0.05, 0) is 121 Å². The van der Waals surface area contributed by atoms with Crippen LogP contribution in [0.2, 0.25) is 0 Å². The summed E-state index contributed by atoms with van der Waals surface area (Å²) in [6.07, 6.45) is 35.1. The number of unbranched alkanes of at least 4 members (excludes halogenated alkanes) is 17. The first kappa shape index (κ1) is 45.1. The van der Waals surface area contributed by atoms with Crippen molar-refractivity contribution in [2.75, 3.05) is 39.5 Å². The number of esters is 1. The first-order chi connectivity index (χ1) is 25.4. The topological polar surface area (TPSA) is 85.3 Å². The van der Waals surface area contributed by atoms with Crippen molar-refractivity contribution in [1.29, 1.82) is 0 Å². The first-order valence-corrected chi connectivity index (χ1v) is 22.8. The number of hydrogen-bond donors (Lipinski definition) is 1. The van der Waals surface area contributed by atoms with Crippen LogP contribution in [0.4, 0.5) is 4.79 Å². The Hall–Kier alpha value is -1.34. The van der Waals surface area contributed by atoms with Gasteiger partial charge in [-0.3, -0.25) is 4.79 Å². The van der Waals surface area contributed by atoms with Crippen LogP contribution in [0.25, 0.3) is 0 Å². The maximum Gasteiger partial charge on any atom is 0.508 e. The number of rotatable bonds is 34. The second kappa shape index (κ2) is 28.1. The molecular weight excluding hydrogens is 650 g/mol. The third-order valence-corrected chi connectivity index (χ3v) is 12.6. The zero-order valence-electron chi connectivity index (χ0n) is 34.2. The smallest absolute Gasteiger partial charge is 0.462 e. The number of hydrogen-bond acceptors (Lipinski definition) is 7. The van der Waals surface area contributed by atoms with Crippen molar-refractivity contribution in [3.63, 3.8) is 0 Å². The van der Waals surface area contributed by atoms with Gasteiger partial charge in [-0.15, -0.1) is 0 Å². The third-order valence-electron chi connectivity index (χ3n) is 12.6. The van der Waals surface area contributed by atoms with Crippen molar-refractivity contribution in [1.82, 2.24) is 4.90 Å². The molecule has 0 heterocycles. The lowest BCUT2D eigenvalue weighted by Gasteiger charge is -2.56. The minimum Gasteiger partial charge on any atom is -0.462 e. The van der Waals surface area contributed by atoms with Crippen LogP contribution >= 0.6 is 0 Å². The lowest BCUT2D eigenvalue weighted by molar-refractivity contribution is -0.150. The zero-order valence-corrected chi connectivity index (χ0v) is 34.2. The second-order valence-corrected chi connectivity index (χ2v) is 17.5. The molecule has 4 fully saturated rings. The monoisotopic (exact) mass is 734 g/mol. The Bertz CT molecular complexity index is 859. The fourth-order valence-electron chi connectivity index (χ4n) is 10.1. The van der Waals surface area contributed by atoms with Gasteiger partial charge < -0.3 is 24.2 Å². The van der Waals surface area contributed by atoms with Crippen LogP contribution in [0.15, 0.2) is 0 Å². The highest BCUT2D eigenvalue weighted by Crippen LogP contribution is 2.60. The molecule has 0 atom stereocenters. The SMILES string of the molecule is CCCCCCCCC(CCCCCCCC)OC(=O)CCCCCCCN(CCO)CCCCCCOC(=O)OCC12CC3CC(CC(C3)C1)C2. The van der Waals surface area contributed by atoms with E-state index in [1.165, 1.54) is 116 Å². The van der Waals surface area contributed by atoms with Crippen molar-refractivity contribution in [3.8, 4) is 0 Å². The molecule has 0 aromatic carbocycles. The van der Waals surface area contributed by atoms with Crippen molar-refractivity contribution < 1.29 is 28.9 Å². The molecule has 4 aliphatic rings. The van der Waals surface area contributed by atoms with E-state index in [1.54, 1.807) is 0 Å². The van der Waals surface area contributed by atoms with Crippen LogP contribution < -0.4 is 0 Å². The highest BCUT2D eigenvalue weighted by atomic mass is 16.7. The van der Waals surface area contributed by atoms with E-state index in [2.05, 4.69) is 18.7 Å². The largest absolute Gasteiger partial charge is 0.508 e. The van der Waals surface area contributed by atoms with Gasteiger partial charge in [-0.25, -0.2) is 4.79 Å². The molecule has 0 aliphatic heterocycles. The molecule has 4 saturated carbocycles. The highest BCUT2D eigenvalue weighted by Gasteiger charge is 2.51. The molecule has 0 aromatic heterocycles. The van der Waals surface area contributed by atoms with Gasteiger partial charge in [0.25, 0.3) is 0 Å². The van der Waals surface area contributed by atoms with Gasteiger partial charge in [-0.1, -0.05) is 110 Å². The van der Waals surface area contributed by atoms with Gasteiger partial charge >= 0.3 is 12.1 Å². The second-order valence-electron chi connectivity index (χ2n) is 17.5. The van der Waals surface area contributed by atoms with Crippen molar-refractivity contribution in [2.45, 2.75) is 213 Å².